The van der Waals surface area contributed by atoms with Gasteiger partial charge < -0.3 is 4.90 Å². The number of rotatable bonds is 4. The maximum atomic E-state index is 12.8. The maximum Gasteiger partial charge on any atom is 0.225 e. The number of hydrogen-bond acceptors (Lipinski definition) is 2. The molecule has 1 unspecified atom stereocenters. The Hall–Kier alpha value is -1.20. The predicted octanol–water partition coefficient (Wildman–Crippen LogP) is 3.18. The van der Waals surface area contributed by atoms with Crippen molar-refractivity contribution in [2.75, 3.05) is 7.05 Å². The lowest BCUT2D eigenvalue weighted by Crippen LogP contribution is -2.65. The van der Waals surface area contributed by atoms with Crippen LogP contribution in [-0.4, -0.2) is 32.3 Å². The summed E-state index contributed by atoms with van der Waals surface area (Å²) in [5.41, 5.74) is 0.823. The number of nitrogens with zero attached hydrogens (tertiary/aromatic N) is 1. The van der Waals surface area contributed by atoms with Crippen LogP contribution in [0, 0.1) is 5.92 Å². The lowest BCUT2D eigenvalue weighted by molar-refractivity contribution is -0.155. The van der Waals surface area contributed by atoms with Crippen molar-refractivity contribution in [2.45, 2.75) is 62.8 Å². The van der Waals surface area contributed by atoms with Gasteiger partial charge in [0.15, 0.2) is 0 Å². The van der Waals surface area contributed by atoms with Crippen LogP contribution in [0.3, 0.4) is 0 Å². The second-order valence-electron chi connectivity index (χ2n) is 8.12. The summed E-state index contributed by atoms with van der Waals surface area (Å²) in [4.78, 5) is 14.6. The third-order valence-corrected chi connectivity index (χ3v) is 7.21. The smallest absolute Gasteiger partial charge is 0.225 e. The Balaban J connectivity index is 2.01. The molecule has 4 rings (SSSR count). The summed E-state index contributed by atoms with van der Waals surface area (Å²) in [6, 6.07) is 10.0. The zero-order valence-electron chi connectivity index (χ0n) is 15.0. The topological polar surface area (TPSA) is 49.4 Å². The molecule has 1 aromatic carbocycles. The van der Waals surface area contributed by atoms with Crippen molar-refractivity contribution < 1.29 is 9.00 Å². The minimum atomic E-state index is -1.19. The minimum absolute atomic E-state index is 0.117. The largest absolute Gasteiger partial charge is 0.338 e. The zero-order chi connectivity index (χ0) is 17.5. The third-order valence-electron chi connectivity index (χ3n) is 5.65. The average molecular weight is 349 g/mol. The Morgan fingerprint density at radius 1 is 1.21 bits per heavy atom. The molecule has 5 heteroatoms. The first-order valence-electron chi connectivity index (χ1n) is 8.76. The van der Waals surface area contributed by atoms with Crippen molar-refractivity contribution in [3.05, 3.63) is 35.9 Å². The van der Waals surface area contributed by atoms with Crippen LogP contribution < -0.4 is 4.72 Å². The second-order valence-corrected chi connectivity index (χ2v) is 10.1. The fraction of sp³-hybridized carbons (Fsp3) is 0.632. The Bertz CT molecular complexity index is 631. The van der Waals surface area contributed by atoms with Gasteiger partial charge in [-0.05, 0) is 52.0 Å². The van der Waals surface area contributed by atoms with E-state index in [1.54, 1.807) is 0 Å². The molecule has 0 spiro atoms. The molecule has 1 amide bonds. The molecule has 2 saturated heterocycles. The van der Waals surface area contributed by atoms with E-state index >= 15 is 0 Å². The molecule has 4 nitrogen and oxygen atoms in total. The first-order valence-corrected chi connectivity index (χ1v) is 9.91. The van der Waals surface area contributed by atoms with Gasteiger partial charge in [0.1, 0.15) is 0 Å². The average Bonchev–Trinajstić information content (AvgIpc) is 2.57. The van der Waals surface area contributed by atoms with Crippen molar-refractivity contribution in [3.8, 4) is 0 Å². The highest BCUT2D eigenvalue weighted by Gasteiger charge is 2.54. The standard InChI is InChI=1S/C19H28N2O2S/c1-18(2,3)24(23)20-16(14-8-6-5-7-9-14)19-12-10-15(11-13-19)17(22)21(19)4/h5-9,15-16,20H,10-13H2,1-4H3/t15?,16-,19?,24?/m1/s1. The Labute approximate surface area is 147 Å². The summed E-state index contributed by atoms with van der Waals surface area (Å²) < 4.78 is 15.9. The van der Waals surface area contributed by atoms with Gasteiger partial charge in [-0.3, -0.25) is 4.79 Å². The Kier molecular flexibility index (Phi) is 4.60. The Morgan fingerprint density at radius 3 is 2.33 bits per heavy atom. The van der Waals surface area contributed by atoms with E-state index in [4.69, 9.17) is 0 Å². The van der Waals surface area contributed by atoms with Gasteiger partial charge in [-0.2, -0.15) is 0 Å². The van der Waals surface area contributed by atoms with E-state index in [9.17, 15) is 9.00 Å². The number of carbonyl (C=O) groups is 1. The van der Waals surface area contributed by atoms with Gasteiger partial charge >= 0.3 is 0 Å². The highest BCUT2D eigenvalue weighted by atomic mass is 32.2. The second kappa shape index (κ2) is 6.26. The van der Waals surface area contributed by atoms with Crippen LogP contribution in [0.25, 0.3) is 0 Å². The minimum Gasteiger partial charge on any atom is -0.338 e. The monoisotopic (exact) mass is 348 g/mol. The van der Waals surface area contributed by atoms with E-state index in [1.807, 2.05) is 50.9 Å². The summed E-state index contributed by atoms with van der Waals surface area (Å²) in [5, 5.41) is 0. The van der Waals surface area contributed by atoms with Gasteiger partial charge in [0.2, 0.25) is 5.91 Å². The van der Waals surface area contributed by atoms with E-state index in [1.165, 1.54) is 0 Å². The molecule has 1 saturated carbocycles. The quantitative estimate of drug-likeness (QED) is 0.908. The van der Waals surface area contributed by atoms with Crippen molar-refractivity contribution in [2.24, 2.45) is 5.92 Å². The highest BCUT2D eigenvalue weighted by Crippen LogP contribution is 2.49. The van der Waals surface area contributed by atoms with Crippen LogP contribution in [-0.2, 0) is 15.8 Å². The predicted molar refractivity (Wildman–Crippen MR) is 97.7 cm³/mol. The summed E-state index contributed by atoms with van der Waals surface area (Å²) >= 11 is 0. The van der Waals surface area contributed by atoms with Crippen molar-refractivity contribution in [1.29, 1.82) is 0 Å². The molecule has 0 radical (unpaired) electrons. The molecule has 2 bridgehead atoms. The molecule has 132 valence electrons. The highest BCUT2D eigenvalue weighted by molar-refractivity contribution is 7.84. The molecular formula is C19H28N2O2S. The van der Waals surface area contributed by atoms with E-state index in [0.717, 1.165) is 31.2 Å². The molecule has 2 heterocycles. The van der Waals surface area contributed by atoms with Crippen LogP contribution in [0.15, 0.2) is 30.3 Å². The number of hydrogen-bond donors (Lipinski definition) is 1. The molecule has 2 aliphatic heterocycles. The summed E-state index contributed by atoms with van der Waals surface area (Å²) in [7, 11) is 0.728. The number of benzene rings is 1. The van der Waals surface area contributed by atoms with Crippen molar-refractivity contribution >= 4 is 16.9 Å². The van der Waals surface area contributed by atoms with E-state index < -0.39 is 11.0 Å². The van der Waals surface area contributed by atoms with Gasteiger partial charge in [0.25, 0.3) is 0 Å². The summed E-state index contributed by atoms with van der Waals surface area (Å²) in [5.74, 6) is 0.429. The number of piperidine rings is 2. The fourth-order valence-corrected chi connectivity index (χ4v) is 5.02. The van der Waals surface area contributed by atoms with Crippen LogP contribution in [0.5, 0.6) is 0 Å². The lowest BCUT2D eigenvalue weighted by atomic mass is 9.65. The Morgan fingerprint density at radius 2 is 1.79 bits per heavy atom. The SMILES string of the molecule is CN1C(=O)C2CCC1([C@H](NS(=O)C(C)(C)C)c1ccccc1)CC2. The van der Waals surface area contributed by atoms with E-state index in [0.29, 0.717) is 0 Å². The summed E-state index contributed by atoms with van der Waals surface area (Å²) in [6.07, 6.45) is 3.81. The molecule has 3 aliphatic rings. The summed E-state index contributed by atoms with van der Waals surface area (Å²) in [6.45, 7) is 5.92. The molecule has 1 N–H and O–H groups in total. The fourth-order valence-electron chi connectivity index (χ4n) is 4.09. The number of fused-ring (bicyclic) bond motifs is 3. The van der Waals surface area contributed by atoms with Crippen LogP contribution >= 0.6 is 0 Å². The first kappa shape index (κ1) is 17.6. The molecule has 24 heavy (non-hydrogen) atoms. The lowest BCUT2D eigenvalue weighted by Gasteiger charge is -2.56. The van der Waals surface area contributed by atoms with Crippen LogP contribution in [0.2, 0.25) is 0 Å². The first-order chi connectivity index (χ1) is 11.3. The van der Waals surface area contributed by atoms with Crippen molar-refractivity contribution in [1.82, 2.24) is 9.62 Å². The van der Waals surface area contributed by atoms with E-state index in [2.05, 4.69) is 16.9 Å². The number of carbonyl (C=O) groups excluding carboxylic acids is 1. The molecule has 1 aliphatic carbocycles. The molecule has 2 atom stereocenters. The van der Waals surface area contributed by atoms with Gasteiger partial charge in [-0.15, -0.1) is 0 Å². The van der Waals surface area contributed by atoms with Gasteiger partial charge in [0.05, 0.1) is 27.3 Å². The normalized spacial score (nSPS) is 29.6. The van der Waals surface area contributed by atoms with Crippen molar-refractivity contribution in [3.63, 3.8) is 0 Å². The third kappa shape index (κ3) is 2.93. The number of amides is 1. The molecule has 3 fully saturated rings. The van der Waals surface area contributed by atoms with Gasteiger partial charge in [0, 0.05) is 13.0 Å². The number of nitrogens with one attached hydrogen (secondary N) is 1. The zero-order valence-corrected chi connectivity index (χ0v) is 15.9. The molecule has 0 aromatic heterocycles. The van der Waals surface area contributed by atoms with E-state index in [-0.39, 0.29) is 28.2 Å². The molecule has 1 aromatic rings. The maximum absolute atomic E-state index is 12.8. The van der Waals surface area contributed by atoms with Gasteiger partial charge in [-0.25, -0.2) is 8.93 Å². The van der Waals surface area contributed by atoms with Gasteiger partial charge in [-0.1, -0.05) is 30.3 Å². The molecular weight excluding hydrogens is 320 g/mol. The van der Waals surface area contributed by atoms with Crippen LogP contribution in [0.1, 0.15) is 58.1 Å². The number of likely N-dealkylation sites (N-methyl/N-ethyl adjacent to an activating group) is 1. The van der Waals surface area contributed by atoms with Crippen LogP contribution in [0.4, 0.5) is 0 Å².